The molecule has 0 saturated heterocycles. The fourth-order valence-corrected chi connectivity index (χ4v) is 1.29. The number of carbonyl (C=O) groups is 1. The van der Waals surface area contributed by atoms with Crippen LogP contribution in [0.4, 0.5) is 0 Å². The Labute approximate surface area is 73.0 Å². The predicted molar refractivity (Wildman–Crippen MR) is 46.8 cm³/mol. The van der Waals surface area contributed by atoms with Crippen LogP contribution in [0, 0.1) is 0 Å². The first-order valence-corrected chi connectivity index (χ1v) is 4.25. The molecule has 0 aromatic carbocycles. The fraction of sp³-hybridized carbons (Fsp3) is 0.667. The van der Waals surface area contributed by atoms with Gasteiger partial charge < -0.3 is 9.64 Å². The minimum Gasteiger partial charge on any atom is -0.377 e. The maximum Gasteiger partial charge on any atom is 0.209 e. The van der Waals surface area contributed by atoms with Gasteiger partial charge in [0.2, 0.25) is 6.41 Å². The van der Waals surface area contributed by atoms with Gasteiger partial charge in [-0.3, -0.25) is 4.79 Å². The SMILES string of the molecule is CO[C@H]1/C=C\CCN(C=O)CC1. The van der Waals surface area contributed by atoms with Crippen LogP contribution in [0.5, 0.6) is 0 Å². The quantitative estimate of drug-likeness (QED) is 0.452. The number of nitrogens with zero attached hydrogens (tertiary/aromatic N) is 1. The van der Waals surface area contributed by atoms with Crippen LogP contribution in [0.1, 0.15) is 12.8 Å². The summed E-state index contributed by atoms with van der Waals surface area (Å²) in [5, 5.41) is 0. The van der Waals surface area contributed by atoms with Crippen LogP contribution in [-0.2, 0) is 9.53 Å². The van der Waals surface area contributed by atoms with Crippen molar-refractivity contribution >= 4 is 6.41 Å². The molecule has 3 nitrogen and oxygen atoms in total. The molecule has 0 aliphatic carbocycles. The molecule has 68 valence electrons. The Hall–Kier alpha value is -0.830. The fourth-order valence-electron chi connectivity index (χ4n) is 1.29. The normalized spacial score (nSPS) is 27.4. The molecule has 1 atom stereocenters. The Morgan fingerprint density at radius 3 is 3.08 bits per heavy atom. The molecule has 12 heavy (non-hydrogen) atoms. The first-order valence-electron chi connectivity index (χ1n) is 4.25. The van der Waals surface area contributed by atoms with Crippen molar-refractivity contribution in [2.45, 2.75) is 18.9 Å². The second-order valence-electron chi connectivity index (χ2n) is 2.92. The van der Waals surface area contributed by atoms with Crippen LogP contribution in [0.15, 0.2) is 12.2 Å². The van der Waals surface area contributed by atoms with Gasteiger partial charge in [-0.25, -0.2) is 0 Å². The number of methoxy groups -OCH3 is 1. The number of ether oxygens (including phenoxy) is 1. The van der Waals surface area contributed by atoms with Gasteiger partial charge in [0, 0.05) is 20.2 Å². The number of hydrogen-bond acceptors (Lipinski definition) is 2. The van der Waals surface area contributed by atoms with Crippen LogP contribution < -0.4 is 0 Å². The van der Waals surface area contributed by atoms with E-state index < -0.39 is 0 Å². The summed E-state index contributed by atoms with van der Waals surface area (Å²) in [4.78, 5) is 12.3. The Kier molecular flexibility index (Phi) is 3.80. The molecule has 0 aromatic heterocycles. The maximum absolute atomic E-state index is 10.5. The number of rotatable bonds is 2. The van der Waals surface area contributed by atoms with Crippen molar-refractivity contribution < 1.29 is 9.53 Å². The lowest BCUT2D eigenvalue weighted by Crippen LogP contribution is -2.28. The van der Waals surface area contributed by atoms with E-state index >= 15 is 0 Å². The molecule has 0 spiro atoms. The highest BCUT2D eigenvalue weighted by atomic mass is 16.5. The van der Waals surface area contributed by atoms with E-state index in [1.807, 2.05) is 0 Å². The highest BCUT2D eigenvalue weighted by molar-refractivity contribution is 5.46. The van der Waals surface area contributed by atoms with Gasteiger partial charge in [0.15, 0.2) is 0 Å². The molecule has 3 heteroatoms. The molecule has 1 rings (SSSR count). The lowest BCUT2D eigenvalue weighted by atomic mass is 10.1. The molecule has 1 aliphatic heterocycles. The lowest BCUT2D eigenvalue weighted by Gasteiger charge is -2.21. The lowest BCUT2D eigenvalue weighted by molar-refractivity contribution is -0.118. The van der Waals surface area contributed by atoms with Gasteiger partial charge in [-0.1, -0.05) is 12.2 Å². The van der Waals surface area contributed by atoms with E-state index in [2.05, 4.69) is 12.2 Å². The highest BCUT2D eigenvalue weighted by Gasteiger charge is 2.08. The summed E-state index contributed by atoms with van der Waals surface area (Å²) < 4.78 is 5.19. The first kappa shape index (κ1) is 9.26. The summed E-state index contributed by atoms with van der Waals surface area (Å²) in [5.41, 5.74) is 0. The molecule has 0 aromatic rings. The van der Waals surface area contributed by atoms with E-state index in [4.69, 9.17) is 4.74 Å². The molecule has 0 radical (unpaired) electrons. The van der Waals surface area contributed by atoms with Crippen LogP contribution in [0.2, 0.25) is 0 Å². The van der Waals surface area contributed by atoms with E-state index in [0.717, 1.165) is 32.3 Å². The highest BCUT2D eigenvalue weighted by Crippen LogP contribution is 2.05. The topological polar surface area (TPSA) is 29.5 Å². The average Bonchev–Trinajstić information content (AvgIpc) is 2.05. The van der Waals surface area contributed by atoms with Gasteiger partial charge in [-0.2, -0.15) is 0 Å². The molecule has 0 bridgehead atoms. The van der Waals surface area contributed by atoms with Crippen molar-refractivity contribution in [3.05, 3.63) is 12.2 Å². The van der Waals surface area contributed by atoms with E-state index in [-0.39, 0.29) is 6.10 Å². The van der Waals surface area contributed by atoms with Gasteiger partial charge in [-0.15, -0.1) is 0 Å². The van der Waals surface area contributed by atoms with Crippen molar-refractivity contribution in [3.8, 4) is 0 Å². The standard InChI is InChI=1S/C9H15NO2/c1-12-9-4-2-3-6-10(8-11)7-5-9/h2,4,8-9H,3,5-7H2,1H3/b4-2-/t9-/m0/s1. The molecule has 0 unspecified atom stereocenters. The van der Waals surface area contributed by atoms with Crippen molar-refractivity contribution in [2.75, 3.05) is 20.2 Å². The Morgan fingerprint density at radius 2 is 2.42 bits per heavy atom. The number of hydrogen-bond donors (Lipinski definition) is 0. The Balaban J connectivity index is 2.44. The summed E-state index contributed by atoms with van der Waals surface area (Å²) in [5.74, 6) is 0. The van der Waals surface area contributed by atoms with E-state index in [0.29, 0.717) is 0 Å². The third kappa shape index (κ3) is 2.66. The molecular weight excluding hydrogens is 154 g/mol. The zero-order valence-corrected chi connectivity index (χ0v) is 7.40. The average molecular weight is 169 g/mol. The maximum atomic E-state index is 10.5. The summed E-state index contributed by atoms with van der Waals surface area (Å²) in [7, 11) is 1.70. The van der Waals surface area contributed by atoms with Gasteiger partial charge in [-0.05, 0) is 12.8 Å². The second kappa shape index (κ2) is 4.93. The minimum absolute atomic E-state index is 0.174. The van der Waals surface area contributed by atoms with Gasteiger partial charge in [0.1, 0.15) is 0 Å². The molecule has 1 aliphatic rings. The monoisotopic (exact) mass is 169 g/mol. The first-order chi connectivity index (χ1) is 5.86. The zero-order valence-electron chi connectivity index (χ0n) is 7.40. The van der Waals surface area contributed by atoms with Crippen LogP contribution in [0.25, 0.3) is 0 Å². The molecule has 0 saturated carbocycles. The number of amides is 1. The third-order valence-electron chi connectivity index (χ3n) is 2.09. The predicted octanol–water partition coefficient (Wildman–Crippen LogP) is 0.810. The van der Waals surface area contributed by atoms with Crippen molar-refractivity contribution in [1.82, 2.24) is 4.90 Å². The summed E-state index contributed by atoms with van der Waals surface area (Å²) in [6.07, 6.45) is 7.05. The summed E-state index contributed by atoms with van der Waals surface area (Å²) in [6.45, 7) is 1.63. The summed E-state index contributed by atoms with van der Waals surface area (Å²) >= 11 is 0. The van der Waals surface area contributed by atoms with Gasteiger partial charge in [0.05, 0.1) is 6.10 Å². The largest absolute Gasteiger partial charge is 0.377 e. The van der Waals surface area contributed by atoms with Crippen LogP contribution >= 0.6 is 0 Å². The molecule has 1 heterocycles. The van der Waals surface area contributed by atoms with Crippen molar-refractivity contribution in [3.63, 3.8) is 0 Å². The van der Waals surface area contributed by atoms with E-state index in [1.54, 1.807) is 12.0 Å². The molecule has 0 N–H and O–H groups in total. The zero-order chi connectivity index (χ0) is 8.81. The summed E-state index contributed by atoms with van der Waals surface area (Å²) in [6, 6.07) is 0. The number of carbonyl (C=O) groups excluding carboxylic acids is 1. The van der Waals surface area contributed by atoms with Gasteiger partial charge >= 0.3 is 0 Å². The van der Waals surface area contributed by atoms with Gasteiger partial charge in [0.25, 0.3) is 0 Å². The van der Waals surface area contributed by atoms with Crippen LogP contribution in [0.3, 0.4) is 0 Å². The Bertz CT molecular complexity index is 168. The molecule has 0 fully saturated rings. The Morgan fingerprint density at radius 1 is 1.58 bits per heavy atom. The van der Waals surface area contributed by atoms with E-state index in [9.17, 15) is 4.79 Å². The minimum atomic E-state index is 0.174. The van der Waals surface area contributed by atoms with Crippen molar-refractivity contribution in [1.29, 1.82) is 0 Å². The van der Waals surface area contributed by atoms with E-state index in [1.165, 1.54) is 0 Å². The molecule has 1 amide bonds. The molecular formula is C9H15NO2. The second-order valence-corrected chi connectivity index (χ2v) is 2.92. The van der Waals surface area contributed by atoms with Crippen LogP contribution in [-0.4, -0.2) is 37.6 Å². The van der Waals surface area contributed by atoms with Crippen molar-refractivity contribution in [2.24, 2.45) is 0 Å². The smallest absolute Gasteiger partial charge is 0.209 e. The third-order valence-corrected chi connectivity index (χ3v) is 2.09.